The third kappa shape index (κ3) is 6.34. The third-order valence-corrected chi connectivity index (χ3v) is 8.91. The van der Waals surface area contributed by atoms with Gasteiger partial charge in [-0.15, -0.1) is 11.3 Å². The van der Waals surface area contributed by atoms with Gasteiger partial charge in [-0.3, -0.25) is 14.4 Å². The van der Waals surface area contributed by atoms with Crippen molar-refractivity contribution in [3.05, 3.63) is 63.9 Å². The largest absolute Gasteiger partial charge is 0.459 e. The molecule has 1 fully saturated rings. The van der Waals surface area contributed by atoms with Crippen LogP contribution in [0.1, 0.15) is 63.0 Å². The summed E-state index contributed by atoms with van der Waals surface area (Å²) in [5.74, 6) is 0.259. The summed E-state index contributed by atoms with van der Waals surface area (Å²) in [6.07, 6.45) is 6.06. The van der Waals surface area contributed by atoms with Crippen molar-refractivity contribution >= 4 is 62.0 Å². The van der Waals surface area contributed by atoms with Gasteiger partial charge in [-0.2, -0.15) is 4.98 Å². The van der Waals surface area contributed by atoms with E-state index in [2.05, 4.69) is 14.9 Å². The smallest absolute Gasteiger partial charge is 0.326 e. The first-order chi connectivity index (χ1) is 21.9. The average Bonchev–Trinajstić information content (AvgIpc) is 3.75. The molecule has 0 atom stereocenters. The molecule has 0 saturated heterocycles. The summed E-state index contributed by atoms with van der Waals surface area (Å²) < 4.78 is 14.2. The van der Waals surface area contributed by atoms with Crippen LogP contribution >= 0.6 is 11.3 Å². The van der Waals surface area contributed by atoms with Gasteiger partial charge in [0.05, 0.1) is 0 Å². The van der Waals surface area contributed by atoms with Gasteiger partial charge in [0.15, 0.2) is 11.5 Å². The van der Waals surface area contributed by atoms with Gasteiger partial charge in [0.1, 0.15) is 28.2 Å². The summed E-state index contributed by atoms with van der Waals surface area (Å²) in [7, 11) is 5.21. The van der Waals surface area contributed by atoms with Crippen LogP contribution in [0.5, 0.6) is 0 Å². The molecule has 46 heavy (non-hydrogen) atoms. The Bertz CT molecular complexity index is 1980. The Labute approximate surface area is 270 Å². The van der Waals surface area contributed by atoms with Gasteiger partial charge in [0, 0.05) is 61.5 Å². The molecule has 1 aliphatic carbocycles. The number of likely N-dealkylation sites (N-methyl/N-ethyl adjacent to an activating group) is 1. The van der Waals surface area contributed by atoms with Crippen molar-refractivity contribution in [2.75, 3.05) is 37.9 Å². The predicted molar refractivity (Wildman–Crippen MR) is 181 cm³/mol. The van der Waals surface area contributed by atoms with Gasteiger partial charge in [-0.05, 0) is 57.4 Å². The lowest BCUT2D eigenvalue weighted by molar-refractivity contribution is -0.152. The van der Waals surface area contributed by atoms with E-state index in [9.17, 15) is 14.4 Å². The standard InChI is InChI=1S/C34H38N6O5S/c1-34(2,3)45-28(42)18-39(6)27-16-26(41)30-29(44-27)24(19-46-30)20-11-13-22(14-12-20)36-33-35-17-21-15-25(32(43)38(4)5)40(31(21)37-33)23-9-7-8-10-23/h11-17,19,23H,7-10,18H2,1-6H3,(H,35,36,37). The first kappa shape index (κ1) is 31.3. The molecule has 1 aliphatic rings. The second kappa shape index (κ2) is 12.2. The Hall–Kier alpha value is -4.71. The van der Waals surface area contributed by atoms with E-state index < -0.39 is 11.6 Å². The number of thiophene rings is 1. The molecule has 240 valence electrons. The van der Waals surface area contributed by atoms with Crippen molar-refractivity contribution in [1.29, 1.82) is 0 Å². The number of fused-ring (bicyclic) bond motifs is 2. The molecular formula is C34H38N6O5S. The number of hydrogen-bond acceptors (Lipinski definition) is 10. The first-order valence-electron chi connectivity index (χ1n) is 15.3. The number of carbonyl (C=O) groups is 2. The second-order valence-corrected chi connectivity index (χ2v) is 13.8. The fourth-order valence-corrected chi connectivity index (χ4v) is 6.73. The highest BCUT2D eigenvalue weighted by Crippen LogP contribution is 2.36. The highest BCUT2D eigenvalue weighted by atomic mass is 32.1. The number of nitrogens with one attached hydrogen (secondary N) is 1. The van der Waals surface area contributed by atoms with E-state index in [1.807, 2.05) is 56.5 Å². The van der Waals surface area contributed by atoms with Crippen LogP contribution < -0.4 is 15.6 Å². The maximum atomic E-state index is 13.0. The van der Waals surface area contributed by atoms with Crippen molar-refractivity contribution < 1.29 is 18.7 Å². The van der Waals surface area contributed by atoms with Crippen LogP contribution in [0.2, 0.25) is 0 Å². The van der Waals surface area contributed by atoms with Crippen molar-refractivity contribution in [1.82, 2.24) is 19.4 Å². The molecule has 0 radical (unpaired) electrons. The zero-order valence-corrected chi connectivity index (χ0v) is 27.7. The van der Waals surface area contributed by atoms with Crippen LogP contribution in [0.3, 0.4) is 0 Å². The molecule has 1 aromatic carbocycles. The molecule has 0 bridgehead atoms. The van der Waals surface area contributed by atoms with Crippen molar-refractivity contribution in [2.24, 2.45) is 0 Å². The number of amides is 1. The molecule has 5 aromatic rings. The van der Waals surface area contributed by atoms with Gasteiger partial charge in [-0.1, -0.05) is 25.0 Å². The Balaban J connectivity index is 1.25. The molecule has 4 heterocycles. The Morgan fingerprint density at radius 1 is 1.11 bits per heavy atom. The fourth-order valence-electron chi connectivity index (χ4n) is 5.82. The van der Waals surface area contributed by atoms with Crippen molar-refractivity contribution in [3.8, 4) is 11.1 Å². The van der Waals surface area contributed by atoms with E-state index in [1.54, 1.807) is 37.1 Å². The lowest BCUT2D eigenvalue weighted by atomic mass is 10.1. The normalized spacial score (nSPS) is 13.8. The monoisotopic (exact) mass is 642 g/mol. The maximum Gasteiger partial charge on any atom is 0.326 e. The zero-order chi connectivity index (χ0) is 32.7. The number of rotatable bonds is 8. The van der Waals surface area contributed by atoms with Crippen LogP contribution in [-0.2, 0) is 9.53 Å². The van der Waals surface area contributed by atoms with Gasteiger partial charge < -0.3 is 28.8 Å². The highest BCUT2D eigenvalue weighted by Gasteiger charge is 2.27. The van der Waals surface area contributed by atoms with E-state index in [0.717, 1.165) is 53.5 Å². The molecule has 0 spiro atoms. The molecule has 1 saturated carbocycles. The minimum atomic E-state index is -0.611. The lowest BCUT2D eigenvalue weighted by Gasteiger charge is -2.22. The SMILES string of the molecule is CN(C)C(=O)c1cc2cnc(Nc3ccc(-c4csc5c(=O)cc(N(C)CC(=O)OC(C)(C)C)oc45)cc3)nc2n1C1CCCC1. The molecule has 6 rings (SSSR count). The third-order valence-electron chi connectivity index (χ3n) is 7.94. The molecule has 12 heteroatoms. The number of ether oxygens (including phenoxy) is 1. The summed E-state index contributed by atoms with van der Waals surface area (Å²) in [5, 5.41) is 6.03. The van der Waals surface area contributed by atoms with Crippen LogP contribution in [0.15, 0.2) is 57.2 Å². The van der Waals surface area contributed by atoms with Crippen LogP contribution in [-0.4, -0.2) is 64.6 Å². The maximum absolute atomic E-state index is 13.0. The van der Waals surface area contributed by atoms with E-state index in [0.29, 0.717) is 21.9 Å². The molecule has 0 unspecified atom stereocenters. The summed E-state index contributed by atoms with van der Waals surface area (Å²) in [6, 6.07) is 11.2. The first-order valence-corrected chi connectivity index (χ1v) is 16.2. The quantitative estimate of drug-likeness (QED) is 0.186. The number of nitrogens with zero attached hydrogens (tertiary/aromatic N) is 5. The molecule has 4 aromatic heterocycles. The molecule has 1 amide bonds. The highest BCUT2D eigenvalue weighted by molar-refractivity contribution is 7.17. The molecule has 0 aliphatic heterocycles. The van der Waals surface area contributed by atoms with Gasteiger partial charge >= 0.3 is 5.97 Å². The fraction of sp³-hybridized carbons (Fsp3) is 0.382. The molecule has 11 nitrogen and oxygen atoms in total. The average molecular weight is 643 g/mol. The minimum Gasteiger partial charge on any atom is -0.459 e. The van der Waals surface area contributed by atoms with E-state index in [-0.39, 0.29) is 29.8 Å². The van der Waals surface area contributed by atoms with E-state index >= 15 is 0 Å². The minimum absolute atomic E-state index is 0.0476. The van der Waals surface area contributed by atoms with Gasteiger partial charge in [0.2, 0.25) is 11.4 Å². The summed E-state index contributed by atoms with van der Waals surface area (Å²) in [5.41, 5.74) is 3.49. The van der Waals surface area contributed by atoms with Crippen LogP contribution in [0.4, 0.5) is 17.5 Å². The number of esters is 1. The second-order valence-electron chi connectivity index (χ2n) is 12.9. The van der Waals surface area contributed by atoms with Crippen molar-refractivity contribution in [2.45, 2.75) is 58.1 Å². The number of hydrogen-bond donors (Lipinski definition) is 1. The zero-order valence-electron chi connectivity index (χ0n) is 26.9. The Morgan fingerprint density at radius 3 is 2.50 bits per heavy atom. The Kier molecular flexibility index (Phi) is 8.32. The summed E-state index contributed by atoms with van der Waals surface area (Å²) >= 11 is 1.32. The van der Waals surface area contributed by atoms with Crippen molar-refractivity contribution in [3.63, 3.8) is 0 Å². The lowest BCUT2D eigenvalue weighted by Crippen LogP contribution is -2.33. The summed E-state index contributed by atoms with van der Waals surface area (Å²) in [6.45, 7) is 5.36. The van der Waals surface area contributed by atoms with Gasteiger partial charge in [-0.25, -0.2) is 4.98 Å². The molecule has 1 N–H and O–H groups in total. The summed E-state index contributed by atoms with van der Waals surface area (Å²) in [4.78, 5) is 50.9. The van der Waals surface area contributed by atoms with Gasteiger partial charge in [0.25, 0.3) is 5.91 Å². The Morgan fingerprint density at radius 2 is 1.83 bits per heavy atom. The number of carbonyl (C=O) groups excluding carboxylic acids is 2. The van der Waals surface area contributed by atoms with E-state index in [1.165, 1.54) is 17.4 Å². The van der Waals surface area contributed by atoms with Crippen LogP contribution in [0, 0.1) is 0 Å². The number of benzene rings is 1. The predicted octanol–water partition coefficient (Wildman–Crippen LogP) is 6.60. The number of aromatic nitrogens is 3. The van der Waals surface area contributed by atoms with E-state index in [4.69, 9.17) is 14.1 Å². The van der Waals surface area contributed by atoms with Crippen LogP contribution in [0.25, 0.3) is 32.4 Å². The number of anilines is 3. The molecular weight excluding hydrogens is 604 g/mol. The topological polar surface area (TPSA) is 123 Å².